The first-order valence-electron chi connectivity index (χ1n) is 9.42. The van der Waals surface area contributed by atoms with E-state index in [1.54, 1.807) is 18.4 Å². The summed E-state index contributed by atoms with van der Waals surface area (Å²) in [7, 11) is -1.15. The summed E-state index contributed by atoms with van der Waals surface area (Å²) in [5, 5.41) is 8.84. The number of thiophene rings is 1. The van der Waals surface area contributed by atoms with Crippen molar-refractivity contribution in [2.45, 2.75) is 38.3 Å². The molecule has 0 amide bonds. The summed E-state index contributed by atoms with van der Waals surface area (Å²) in [5.41, 5.74) is 0. The molecule has 2 saturated heterocycles. The van der Waals surface area contributed by atoms with Crippen molar-refractivity contribution in [2.24, 2.45) is 10.9 Å². The average Bonchev–Trinajstić information content (AvgIpc) is 3.25. The second-order valence-electron chi connectivity index (χ2n) is 7.45. The molecule has 1 aromatic rings. The summed E-state index contributed by atoms with van der Waals surface area (Å²) >= 11 is 1.80. The molecule has 27 heavy (non-hydrogen) atoms. The Bertz CT molecular complexity index is 701. The van der Waals surface area contributed by atoms with Crippen LogP contribution in [0.15, 0.2) is 22.5 Å². The number of aliphatic imine (C=N–C) groups is 1. The minimum absolute atomic E-state index is 0. The van der Waals surface area contributed by atoms with E-state index < -0.39 is 9.84 Å². The van der Waals surface area contributed by atoms with E-state index in [0.717, 1.165) is 25.6 Å². The highest BCUT2D eigenvalue weighted by molar-refractivity contribution is 14.0. The second kappa shape index (κ2) is 10.4. The van der Waals surface area contributed by atoms with Crippen LogP contribution in [-0.4, -0.2) is 63.5 Å². The standard InChI is InChI=1S/C18H30N4O2S2.HI/c1-14-5-8-22(9-6-14)16(17-4-3-10-25-17)12-20-18(19-2)21-15-7-11-26(23,24)13-15;/h3-4,10,14-16H,5-9,11-13H2,1-2H3,(H2,19,20,21);1H. The van der Waals surface area contributed by atoms with Gasteiger partial charge in [-0.25, -0.2) is 8.42 Å². The molecule has 1 aromatic heterocycles. The number of nitrogens with zero attached hydrogens (tertiary/aromatic N) is 2. The Balaban J connectivity index is 0.00000261. The third-order valence-corrected chi connectivity index (χ3v) is 8.13. The van der Waals surface area contributed by atoms with Gasteiger partial charge in [0.25, 0.3) is 0 Å². The lowest BCUT2D eigenvalue weighted by Crippen LogP contribution is -2.47. The van der Waals surface area contributed by atoms with Crippen LogP contribution < -0.4 is 10.6 Å². The van der Waals surface area contributed by atoms with E-state index in [9.17, 15) is 8.42 Å². The zero-order valence-electron chi connectivity index (χ0n) is 16.1. The van der Waals surface area contributed by atoms with Crippen LogP contribution >= 0.6 is 35.3 Å². The summed E-state index contributed by atoms with van der Waals surface area (Å²) in [6, 6.07) is 4.60. The molecule has 2 atom stereocenters. The summed E-state index contributed by atoms with van der Waals surface area (Å²) in [4.78, 5) is 8.22. The lowest BCUT2D eigenvalue weighted by Gasteiger charge is -2.36. The van der Waals surface area contributed by atoms with Crippen molar-refractivity contribution in [1.29, 1.82) is 0 Å². The quantitative estimate of drug-likeness (QED) is 0.351. The lowest BCUT2D eigenvalue weighted by atomic mass is 9.97. The fourth-order valence-corrected chi connectivity index (χ4v) is 6.26. The van der Waals surface area contributed by atoms with E-state index in [1.165, 1.54) is 17.7 Å². The molecule has 0 aliphatic carbocycles. The van der Waals surface area contributed by atoms with Crippen LogP contribution in [0.2, 0.25) is 0 Å². The van der Waals surface area contributed by atoms with Crippen LogP contribution in [0.5, 0.6) is 0 Å². The van der Waals surface area contributed by atoms with Gasteiger partial charge in [0.2, 0.25) is 0 Å². The first-order valence-corrected chi connectivity index (χ1v) is 12.1. The maximum Gasteiger partial charge on any atom is 0.191 e. The summed E-state index contributed by atoms with van der Waals surface area (Å²) in [6.07, 6.45) is 3.14. The van der Waals surface area contributed by atoms with Gasteiger partial charge in [0, 0.05) is 24.5 Å². The molecule has 0 bridgehead atoms. The van der Waals surface area contributed by atoms with Gasteiger partial charge in [-0.05, 0) is 49.7 Å². The minimum Gasteiger partial charge on any atom is -0.354 e. The second-order valence-corrected chi connectivity index (χ2v) is 10.7. The minimum atomic E-state index is -2.89. The number of hydrogen-bond acceptors (Lipinski definition) is 5. The van der Waals surface area contributed by atoms with Crippen molar-refractivity contribution in [2.75, 3.05) is 38.2 Å². The molecule has 0 aromatic carbocycles. The summed E-state index contributed by atoms with van der Waals surface area (Å²) in [5.74, 6) is 1.97. The molecular formula is C18H31IN4O2S2. The van der Waals surface area contributed by atoms with Gasteiger partial charge in [0.1, 0.15) is 0 Å². The van der Waals surface area contributed by atoms with Crippen molar-refractivity contribution in [1.82, 2.24) is 15.5 Å². The summed E-state index contributed by atoms with van der Waals surface area (Å²) in [6.45, 7) is 5.35. The van der Waals surface area contributed by atoms with Crippen LogP contribution in [0.25, 0.3) is 0 Å². The van der Waals surface area contributed by atoms with Crippen molar-refractivity contribution >= 4 is 51.1 Å². The monoisotopic (exact) mass is 526 g/mol. The molecule has 2 aliphatic rings. The molecular weight excluding hydrogens is 495 g/mol. The molecule has 0 spiro atoms. The van der Waals surface area contributed by atoms with E-state index in [4.69, 9.17) is 0 Å². The van der Waals surface area contributed by atoms with E-state index in [2.05, 4.69) is 45.0 Å². The highest BCUT2D eigenvalue weighted by Gasteiger charge is 2.29. The van der Waals surface area contributed by atoms with Gasteiger partial charge in [0.15, 0.2) is 15.8 Å². The third-order valence-electron chi connectivity index (χ3n) is 5.39. The largest absolute Gasteiger partial charge is 0.354 e. The van der Waals surface area contributed by atoms with Gasteiger partial charge in [0.05, 0.1) is 17.5 Å². The predicted octanol–water partition coefficient (Wildman–Crippen LogP) is 2.49. The Morgan fingerprint density at radius 1 is 1.37 bits per heavy atom. The average molecular weight is 527 g/mol. The maximum absolute atomic E-state index is 11.7. The smallest absolute Gasteiger partial charge is 0.191 e. The molecule has 9 heteroatoms. The Labute approximate surface area is 184 Å². The van der Waals surface area contributed by atoms with Crippen LogP contribution in [0.3, 0.4) is 0 Å². The molecule has 3 heterocycles. The number of likely N-dealkylation sites (tertiary alicyclic amines) is 1. The number of nitrogens with one attached hydrogen (secondary N) is 2. The van der Waals surface area contributed by atoms with Crippen LogP contribution in [-0.2, 0) is 9.84 Å². The number of rotatable bonds is 5. The van der Waals surface area contributed by atoms with Crippen molar-refractivity contribution in [3.05, 3.63) is 22.4 Å². The highest BCUT2D eigenvalue weighted by Crippen LogP contribution is 2.29. The first kappa shape index (κ1) is 22.9. The van der Waals surface area contributed by atoms with Crippen molar-refractivity contribution in [3.8, 4) is 0 Å². The third kappa shape index (κ3) is 6.57. The van der Waals surface area contributed by atoms with Crippen LogP contribution in [0.1, 0.15) is 37.1 Å². The maximum atomic E-state index is 11.7. The lowest BCUT2D eigenvalue weighted by molar-refractivity contribution is 0.140. The van der Waals surface area contributed by atoms with Gasteiger partial charge < -0.3 is 10.6 Å². The molecule has 6 nitrogen and oxygen atoms in total. The topological polar surface area (TPSA) is 73.8 Å². The Morgan fingerprint density at radius 2 is 2.11 bits per heavy atom. The van der Waals surface area contributed by atoms with Gasteiger partial charge in [-0.15, -0.1) is 35.3 Å². The number of sulfone groups is 1. The van der Waals surface area contributed by atoms with E-state index in [1.807, 2.05) is 0 Å². The first-order chi connectivity index (χ1) is 12.5. The highest BCUT2D eigenvalue weighted by atomic mass is 127. The molecule has 2 aliphatic heterocycles. The SMILES string of the molecule is CN=C(NCC(c1cccs1)N1CCC(C)CC1)NC1CCS(=O)(=O)C1.I. The van der Waals surface area contributed by atoms with E-state index in [0.29, 0.717) is 18.4 Å². The predicted molar refractivity (Wildman–Crippen MR) is 124 cm³/mol. The number of guanidine groups is 1. The Kier molecular flexibility index (Phi) is 8.82. The Hall–Kier alpha value is -0.390. The molecule has 0 saturated carbocycles. The van der Waals surface area contributed by atoms with Gasteiger partial charge in [-0.2, -0.15) is 0 Å². The molecule has 2 fully saturated rings. The van der Waals surface area contributed by atoms with Crippen molar-refractivity contribution < 1.29 is 8.42 Å². The number of hydrogen-bond donors (Lipinski definition) is 2. The van der Waals surface area contributed by atoms with E-state index in [-0.39, 0.29) is 41.5 Å². The van der Waals surface area contributed by atoms with E-state index >= 15 is 0 Å². The molecule has 3 rings (SSSR count). The zero-order valence-corrected chi connectivity index (χ0v) is 20.0. The van der Waals surface area contributed by atoms with Gasteiger partial charge in [-0.1, -0.05) is 13.0 Å². The van der Waals surface area contributed by atoms with Crippen LogP contribution in [0.4, 0.5) is 0 Å². The van der Waals surface area contributed by atoms with Gasteiger partial charge >= 0.3 is 0 Å². The normalized spacial score (nSPS) is 25.0. The van der Waals surface area contributed by atoms with Crippen LogP contribution in [0, 0.1) is 5.92 Å². The molecule has 154 valence electrons. The number of piperidine rings is 1. The van der Waals surface area contributed by atoms with Crippen molar-refractivity contribution in [3.63, 3.8) is 0 Å². The molecule has 0 radical (unpaired) electrons. The van der Waals surface area contributed by atoms with Gasteiger partial charge in [-0.3, -0.25) is 9.89 Å². The molecule has 2 N–H and O–H groups in total. The summed E-state index contributed by atoms with van der Waals surface area (Å²) < 4.78 is 23.3. The zero-order chi connectivity index (χ0) is 18.6. The Morgan fingerprint density at radius 3 is 2.67 bits per heavy atom. The molecule has 2 unspecified atom stereocenters. The fraction of sp³-hybridized carbons (Fsp3) is 0.722. The fourth-order valence-electron chi connectivity index (χ4n) is 3.72. The number of halogens is 1.